The van der Waals surface area contributed by atoms with Crippen LogP contribution in [0.1, 0.15) is 11.6 Å². The number of nitrogens with zero attached hydrogens (tertiary/aromatic N) is 2. The van der Waals surface area contributed by atoms with Gasteiger partial charge in [-0.1, -0.05) is 42.5 Å². The lowest BCUT2D eigenvalue weighted by atomic mass is 10.1. The van der Waals surface area contributed by atoms with Crippen molar-refractivity contribution in [1.82, 2.24) is 4.31 Å². The summed E-state index contributed by atoms with van der Waals surface area (Å²) in [5.74, 6) is 0. The van der Waals surface area contributed by atoms with Gasteiger partial charge in [-0.15, -0.1) is 0 Å². The Morgan fingerprint density at radius 2 is 1.70 bits per heavy atom. The maximum atomic E-state index is 12.8. The number of hydrogen-bond acceptors (Lipinski definition) is 4. The molecule has 0 aliphatic carbocycles. The normalized spacial score (nSPS) is 18.2. The van der Waals surface area contributed by atoms with Crippen LogP contribution in [-0.2, 0) is 10.0 Å². The smallest absolute Gasteiger partial charge is 0.258 e. The summed E-state index contributed by atoms with van der Waals surface area (Å²) in [4.78, 5) is 10.2. The van der Waals surface area contributed by atoms with Gasteiger partial charge in [0.25, 0.3) is 5.69 Å². The number of nitro groups is 1. The molecule has 0 radical (unpaired) electrons. The topological polar surface area (TPSA) is 80.5 Å². The van der Waals surface area contributed by atoms with Gasteiger partial charge >= 0.3 is 0 Å². The predicted molar refractivity (Wildman–Crippen MR) is 85.3 cm³/mol. The maximum Gasteiger partial charge on any atom is 0.269 e. The van der Waals surface area contributed by atoms with Crippen molar-refractivity contribution in [2.75, 3.05) is 6.54 Å². The molecule has 2 aromatic carbocycles. The number of sulfonamides is 1. The van der Waals surface area contributed by atoms with Crippen molar-refractivity contribution in [2.24, 2.45) is 0 Å². The van der Waals surface area contributed by atoms with Crippen LogP contribution in [0.25, 0.3) is 0 Å². The second-order valence-electron chi connectivity index (χ2n) is 5.11. The van der Waals surface area contributed by atoms with E-state index in [1.54, 1.807) is 6.08 Å². The first-order valence-electron chi connectivity index (χ1n) is 6.98. The Kier molecular flexibility index (Phi) is 3.97. The molecule has 0 aromatic heterocycles. The quantitative estimate of drug-likeness (QED) is 0.490. The van der Waals surface area contributed by atoms with Gasteiger partial charge in [-0.3, -0.25) is 10.1 Å². The zero-order valence-electron chi connectivity index (χ0n) is 12.1. The van der Waals surface area contributed by atoms with Crippen LogP contribution in [0.4, 0.5) is 5.69 Å². The molecule has 0 N–H and O–H groups in total. The zero-order valence-corrected chi connectivity index (χ0v) is 12.9. The largest absolute Gasteiger partial charge is 0.269 e. The third-order valence-corrected chi connectivity index (χ3v) is 5.57. The highest BCUT2D eigenvalue weighted by molar-refractivity contribution is 7.89. The molecule has 0 saturated heterocycles. The Hall–Kier alpha value is -2.51. The van der Waals surface area contributed by atoms with E-state index in [0.717, 1.165) is 5.56 Å². The summed E-state index contributed by atoms with van der Waals surface area (Å²) in [6.07, 6.45) is 3.65. The zero-order chi connectivity index (χ0) is 16.4. The van der Waals surface area contributed by atoms with E-state index in [4.69, 9.17) is 0 Å². The van der Waals surface area contributed by atoms with Gasteiger partial charge in [0.15, 0.2) is 0 Å². The second kappa shape index (κ2) is 5.94. The van der Waals surface area contributed by atoms with Crippen LogP contribution in [0.3, 0.4) is 0 Å². The number of benzene rings is 2. The van der Waals surface area contributed by atoms with E-state index in [-0.39, 0.29) is 23.2 Å². The van der Waals surface area contributed by atoms with Crippen molar-refractivity contribution in [2.45, 2.75) is 10.9 Å². The van der Waals surface area contributed by atoms with Gasteiger partial charge in [0.05, 0.1) is 15.9 Å². The predicted octanol–water partition coefficient (Wildman–Crippen LogP) is 2.90. The number of rotatable bonds is 4. The number of nitro benzene ring substituents is 1. The van der Waals surface area contributed by atoms with E-state index in [1.165, 1.54) is 28.6 Å². The van der Waals surface area contributed by atoms with Crippen molar-refractivity contribution >= 4 is 15.7 Å². The van der Waals surface area contributed by atoms with Gasteiger partial charge < -0.3 is 0 Å². The maximum absolute atomic E-state index is 12.8. The van der Waals surface area contributed by atoms with Gasteiger partial charge in [0.1, 0.15) is 0 Å². The molecule has 0 bridgehead atoms. The Morgan fingerprint density at radius 3 is 2.30 bits per heavy atom. The van der Waals surface area contributed by atoms with Crippen molar-refractivity contribution in [3.8, 4) is 0 Å². The lowest BCUT2D eigenvalue weighted by Gasteiger charge is -2.24. The van der Waals surface area contributed by atoms with Crippen LogP contribution in [0.5, 0.6) is 0 Å². The second-order valence-corrected chi connectivity index (χ2v) is 7.00. The highest BCUT2D eigenvalue weighted by Crippen LogP contribution is 2.32. The van der Waals surface area contributed by atoms with E-state index in [1.807, 2.05) is 36.4 Å². The molecule has 0 spiro atoms. The van der Waals surface area contributed by atoms with Crippen LogP contribution in [0.15, 0.2) is 71.6 Å². The van der Waals surface area contributed by atoms with Crippen molar-refractivity contribution in [1.29, 1.82) is 0 Å². The third-order valence-electron chi connectivity index (χ3n) is 3.71. The molecule has 1 heterocycles. The highest BCUT2D eigenvalue weighted by atomic mass is 32.2. The number of non-ortho nitro benzene ring substituents is 1. The molecule has 3 rings (SSSR count). The molecule has 0 saturated carbocycles. The molecule has 7 heteroatoms. The van der Waals surface area contributed by atoms with Gasteiger partial charge in [-0.05, 0) is 17.7 Å². The average molecular weight is 330 g/mol. The summed E-state index contributed by atoms with van der Waals surface area (Å²) in [5, 5.41) is 10.7. The monoisotopic (exact) mass is 330 g/mol. The molecule has 1 aliphatic rings. The first-order valence-corrected chi connectivity index (χ1v) is 8.42. The van der Waals surface area contributed by atoms with E-state index < -0.39 is 14.9 Å². The van der Waals surface area contributed by atoms with Crippen molar-refractivity contribution < 1.29 is 13.3 Å². The highest BCUT2D eigenvalue weighted by Gasteiger charge is 2.33. The fraction of sp³-hybridized carbons (Fsp3) is 0.125. The summed E-state index contributed by atoms with van der Waals surface area (Å²) in [6, 6.07) is 13.9. The van der Waals surface area contributed by atoms with Crippen molar-refractivity contribution in [3.63, 3.8) is 0 Å². The molecule has 118 valence electrons. The van der Waals surface area contributed by atoms with Gasteiger partial charge in [-0.25, -0.2) is 8.42 Å². The third kappa shape index (κ3) is 2.88. The molecule has 0 amide bonds. The Balaban J connectivity index is 1.94. The number of hydrogen-bond donors (Lipinski definition) is 0. The Morgan fingerprint density at radius 1 is 1.04 bits per heavy atom. The summed E-state index contributed by atoms with van der Waals surface area (Å²) >= 11 is 0. The van der Waals surface area contributed by atoms with Crippen LogP contribution in [0, 0.1) is 10.1 Å². The van der Waals surface area contributed by atoms with Gasteiger partial charge in [0, 0.05) is 18.7 Å². The molecule has 1 atom stereocenters. The Labute approximate surface area is 133 Å². The van der Waals surface area contributed by atoms with Crippen LogP contribution in [-0.4, -0.2) is 24.2 Å². The molecular weight excluding hydrogens is 316 g/mol. The molecule has 1 unspecified atom stereocenters. The van der Waals surface area contributed by atoms with E-state index >= 15 is 0 Å². The molecule has 23 heavy (non-hydrogen) atoms. The average Bonchev–Trinajstić information content (AvgIpc) is 3.06. The van der Waals surface area contributed by atoms with Crippen LogP contribution >= 0.6 is 0 Å². The van der Waals surface area contributed by atoms with Crippen LogP contribution < -0.4 is 0 Å². The lowest BCUT2D eigenvalue weighted by molar-refractivity contribution is -0.384. The summed E-state index contributed by atoms with van der Waals surface area (Å²) in [7, 11) is -3.73. The molecular formula is C16H14N2O4S. The van der Waals surface area contributed by atoms with Crippen LogP contribution in [0.2, 0.25) is 0 Å². The Bertz CT molecular complexity index is 845. The van der Waals surface area contributed by atoms with E-state index in [9.17, 15) is 18.5 Å². The first kappa shape index (κ1) is 15.4. The van der Waals surface area contributed by atoms with E-state index in [2.05, 4.69) is 0 Å². The molecule has 0 fully saturated rings. The fourth-order valence-corrected chi connectivity index (χ4v) is 4.08. The van der Waals surface area contributed by atoms with E-state index in [0.29, 0.717) is 0 Å². The molecule has 2 aromatic rings. The summed E-state index contributed by atoms with van der Waals surface area (Å²) < 4.78 is 27.0. The molecule has 1 aliphatic heterocycles. The van der Waals surface area contributed by atoms with Gasteiger partial charge in [-0.2, -0.15) is 4.31 Å². The van der Waals surface area contributed by atoms with Crippen molar-refractivity contribution in [3.05, 3.63) is 82.4 Å². The minimum absolute atomic E-state index is 0.0488. The fourth-order valence-electron chi connectivity index (χ4n) is 2.55. The lowest BCUT2D eigenvalue weighted by Crippen LogP contribution is -2.31. The summed E-state index contributed by atoms with van der Waals surface area (Å²) in [6.45, 7) is 0.277. The first-order chi connectivity index (χ1) is 11.0. The SMILES string of the molecule is O=[N+]([O-])c1ccc(S(=O)(=O)N2CC=CC2c2ccccc2)cc1. The van der Waals surface area contributed by atoms with Gasteiger partial charge in [0.2, 0.25) is 10.0 Å². The standard InChI is InChI=1S/C16H14N2O4S/c19-18(20)14-8-10-15(11-9-14)23(21,22)17-12-4-7-16(17)13-5-2-1-3-6-13/h1-11,16H,12H2. The molecule has 6 nitrogen and oxygen atoms in total. The minimum Gasteiger partial charge on any atom is -0.258 e. The summed E-state index contributed by atoms with van der Waals surface area (Å²) in [5.41, 5.74) is 0.745. The minimum atomic E-state index is -3.73.